The fourth-order valence-corrected chi connectivity index (χ4v) is 1.52. The second kappa shape index (κ2) is 3.06. The van der Waals surface area contributed by atoms with E-state index in [9.17, 15) is 0 Å². The van der Waals surface area contributed by atoms with Gasteiger partial charge in [0.2, 0.25) is 0 Å². The van der Waals surface area contributed by atoms with Gasteiger partial charge in [0.1, 0.15) is 0 Å². The van der Waals surface area contributed by atoms with E-state index in [1.54, 1.807) is 0 Å². The molecule has 1 aromatic rings. The molecule has 0 spiro atoms. The van der Waals surface area contributed by atoms with Gasteiger partial charge < -0.3 is 0 Å². The minimum Gasteiger partial charge on any atom is -0.252 e. The molecule has 0 bridgehead atoms. The minimum atomic E-state index is -0.0229. The molecule has 0 saturated carbocycles. The molecule has 1 nitrogen and oxygen atoms in total. The summed E-state index contributed by atoms with van der Waals surface area (Å²) < 4.78 is 0. The van der Waals surface area contributed by atoms with Gasteiger partial charge in [0.05, 0.1) is 5.03 Å². The Hall–Kier alpha value is -0.500. The highest BCUT2D eigenvalue weighted by Gasteiger charge is 1.94. The zero-order valence-electron chi connectivity index (χ0n) is 6.63. The van der Waals surface area contributed by atoms with Gasteiger partial charge in [-0.2, -0.15) is 0 Å². The quantitative estimate of drug-likeness (QED) is 0.612. The Balaban J connectivity index is 2.96. The van der Waals surface area contributed by atoms with Crippen LogP contribution in [0.5, 0.6) is 0 Å². The lowest BCUT2D eigenvalue weighted by atomic mass is 10.3. The summed E-state index contributed by atoms with van der Waals surface area (Å²) in [4.78, 5) is 4.27. The monoisotopic (exact) mass is 155 g/mol. The molecule has 0 aliphatic heterocycles. The maximum absolute atomic E-state index is 4.27. The molecule has 0 aromatic carbocycles. The largest absolute Gasteiger partial charge is 0.252 e. The molecule has 0 fully saturated rings. The molecule has 10 heavy (non-hydrogen) atoms. The van der Waals surface area contributed by atoms with Crippen LogP contribution in [0.3, 0.4) is 0 Å². The third-order valence-electron chi connectivity index (χ3n) is 1.36. The summed E-state index contributed by atoms with van der Waals surface area (Å²) in [7, 11) is -0.0229. The normalized spacial score (nSPS) is 11.3. The maximum Gasteiger partial charge on any atom is 0.0762 e. The number of hydrogen-bond donors (Lipinski definition) is 1. The van der Waals surface area contributed by atoms with Crippen molar-refractivity contribution in [3.05, 3.63) is 23.9 Å². The third-order valence-corrected chi connectivity index (χ3v) is 2.52. The molecular formula is C8H13NS. The van der Waals surface area contributed by atoms with Gasteiger partial charge in [-0.3, -0.25) is 4.98 Å². The number of aromatic nitrogens is 1. The zero-order chi connectivity index (χ0) is 7.56. The van der Waals surface area contributed by atoms with E-state index >= 15 is 0 Å². The van der Waals surface area contributed by atoms with Crippen molar-refractivity contribution in [2.75, 3.05) is 12.5 Å². The van der Waals surface area contributed by atoms with Gasteiger partial charge in [-0.05, 0) is 37.1 Å². The van der Waals surface area contributed by atoms with Crippen molar-refractivity contribution in [3.63, 3.8) is 0 Å². The number of pyridine rings is 1. The van der Waals surface area contributed by atoms with Crippen LogP contribution < -0.4 is 0 Å². The lowest BCUT2D eigenvalue weighted by Crippen LogP contribution is -1.84. The van der Waals surface area contributed by atoms with E-state index in [4.69, 9.17) is 0 Å². The topological polar surface area (TPSA) is 12.9 Å². The van der Waals surface area contributed by atoms with Crippen molar-refractivity contribution in [2.45, 2.75) is 11.9 Å². The summed E-state index contributed by atoms with van der Waals surface area (Å²) in [5, 5.41) is 1.25. The number of aryl methyl sites for hydroxylation is 1. The Kier molecular flexibility index (Phi) is 2.33. The molecule has 0 unspecified atom stereocenters. The van der Waals surface area contributed by atoms with Crippen molar-refractivity contribution in [3.8, 4) is 0 Å². The van der Waals surface area contributed by atoms with Crippen molar-refractivity contribution in [1.82, 2.24) is 4.98 Å². The summed E-state index contributed by atoms with van der Waals surface area (Å²) in [6.45, 7) is 2.10. The Morgan fingerprint density at radius 2 is 2.10 bits per heavy atom. The van der Waals surface area contributed by atoms with E-state index in [0.29, 0.717) is 0 Å². The van der Waals surface area contributed by atoms with Crippen LogP contribution in [0.15, 0.2) is 23.4 Å². The summed E-state index contributed by atoms with van der Waals surface area (Å²) >= 11 is 0. The Morgan fingerprint density at radius 1 is 1.40 bits per heavy atom. The van der Waals surface area contributed by atoms with Crippen LogP contribution in [0.2, 0.25) is 0 Å². The van der Waals surface area contributed by atoms with Crippen LogP contribution in [-0.2, 0) is 0 Å². The SMILES string of the molecule is Cc1ccnc([SH](C)C)c1. The average molecular weight is 155 g/mol. The standard InChI is InChI=1S/C8H13NS/c1-7-4-5-9-8(6-7)10(2)3/h4-6,10H,1-3H3. The molecular weight excluding hydrogens is 142 g/mol. The third kappa shape index (κ3) is 1.74. The van der Waals surface area contributed by atoms with Gasteiger partial charge in [-0.1, -0.05) is 0 Å². The number of nitrogens with zero attached hydrogens (tertiary/aromatic N) is 1. The minimum absolute atomic E-state index is 0.0229. The van der Waals surface area contributed by atoms with E-state index in [1.165, 1.54) is 10.6 Å². The van der Waals surface area contributed by atoms with E-state index in [1.807, 2.05) is 12.3 Å². The molecule has 1 heterocycles. The first-order valence-electron chi connectivity index (χ1n) is 3.30. The summed E-state index contributed by atoms with van der Waals surface area (Å²) in [5.41, 5.74) is 1.31. The highest BCUT2D eigenvalue weighted by molar-refractivity contribution is 8.15. The number of rotatable bonds is 1. The van der Waals surface area contributed by atoms with Crippen LogP contribution >= 0.6 is 10.9 Å². The molecule has 0 aliphatic carbocycles. The molecule has 0 amide bonds. The van der Waals surface area contributed by atoms with Crippen LogP contribution in [0.25, 0.3) is 0 Å². The summed E-state index contributed by atoms with van der Waals surface area (Å²) in [6, 6.07) is 4.19. The van der Waals surface area contributed by atoms with Crippen molar-refractivity contribution < 1.29 is 0 Å². The van der Waals surface area contributed by atoms with Crippen LogP contribution in [-0.4, -0.2) is 17.5 Å². The Bertz CT molecular complexity index is 220. The van der Waals surface area contributed by atoms with Crippen molar-refractivity contribution in [1.29, 1.82) is 0 Å². The van der Waals surface area contributed by atoms with Crippen molar-refractivity contribution in [2.24, 2.45) is 0 Å². The first kappa shape index (κ1) is 7.61. The molecule has 56 valence electrons. The lowest BCUT2D eigenvalue weighted by Gasteiger charge is -2.07. The van der Waals surface area contributed by atoms with E-state index in [-0.39, 0.29) is 10.9 Å². The number of hydrogen-bond acceptors (Lipinski definition) is 1. The molecule has 0 saturated heterocycles. The summed E-state index contributed by atoms with van der Waals surface area (Å²) in [5.74, 6) is 0. The van der Waals surface area contributed by atoms with E-state index < -0.39 is 0 Å². The summed E-state index contributed by atoms with van der Waals surface area (Å²) in [6.07, 6.45) is 6.32. The first-order valence-corrected chi connectivity index (χ1v) is 5.54. The van der Waals surface area contributed by atoms with Gasteiger partial charge in [0.15, 0.2) is 0 Å². The lowest BCUT2D eigenvalue weighted by molar-refractivity contribution is 1.11. The average Bonchev–Trinajstić information content (AvgIpc) is 1.88. The smallest absolute Gasteiger partial charge is 0.0762 e. The fraction of sp³-hybridized carbons (Fsp3) is 0.375. The molecule has 1 rings (SSSR count). The maximum atomic E-state index is 4.27. The molecule has 0 atom stereocenters. The van der Waals surface area contributed by atoms with Gasteiger partial charge in [-0.25, -0.2) is 10.9 Å². The molecule has 0 aliphatic rings. The van der Waals surface area contributed by atoms with Gasteiger partial charge in [0, 0.05) is 6.20 Å². The van der Waals surface area contributed by atoms with Crippen LogP contribution in [0.4, 0.5) is 0 Å². The Labute approximate surface area is 64.8 Å². The zero-order valence-corrected chi connectivity index (χ0v) is 7.52. The Morgan fingerprint density at radius 3 is 2.50 bits per heavy atom. The van der Waals surface area contributed by atoms with Crippen LogP contribution in [0, 0.1) is 6.92 Å². The highest BCUT2D eigenvalue weighted by Crippen LogP contribution is 2.25. The second-order valence-electron chi connectivity index (χ2n) is 2.59. The first-order chi connectivity index (χ1) is 4.70. The van der Waals surface area contributed by atoms with E-state index in [2.05, 4.69) is 30.5 Å². The second-order valence-corrected chi connectivity index (χ2v) is 4.83. The van der Waals surface area contributed by atoms with Crippen molar-refractivity contribution >= 4 is 10.9 Å². The molecule has 0 radical (unpaired) electrons. The van der Waals surface area contributed by atoms with Gasteiger partial charge in [-0.15, -0.1) is 0 Å². The predicted octanol–water partition coefficient (Wildman–Crippen LogP) is 2.01. The molecule has 1 aromatic heterocycles. The van der Waals surface area contributed by atoms with Gasteiger partial charge in [0.25, 0.3) is 0 Å². The van der Waals surface area contributed by atoms with E-state index in [0.717, 1.165) is 0 Å². The molecule has 2 heteroatoms. The van der Waals surface area contributed by atoms with Crippen LogP contribution in [0.1, 0.15) is 5.56 Å². The number of thiol groups is 1. The highest BCUT2D eigenvalue weighted by atomic mass is 32.2. The fourth-order valence-electron chi connectivity index (χ4n) is 0.765. The van der Waals surface area contributed by atoms with Gasteiger partial charge >= 0.3 is 0 Å². The predicted molar refractivity (Wildman–Crippen MR) is 48.1 cm³/mol. The molecule has 0 N–H and O–H groups in total.